The lowest BCUT2D eigenvalue weighted by atomic mass is 10.2. The molecule has 0 atom stereocenters. The second-order valence-corrected chi connectivity index (χ2v) is 8.64. The average Bonchev–Trinajstić information content (AvgIpc) is 2.74. The normalized spacial score (nSPS) is 11.7. The lowest BCUT2D eigenvalue weighted by Gasteiger charge is -2.14. The fraction of sp³-hybridized carbons (Fsp3) is 0.588. The fourth-order valence-electron chi connectivity index (χ4n) is 2.37. The SMILES string of the molecule is Cc1sc2nc(SCC(=O)OC(C)C)n(CC(C)C)c(=O)c2c1C. The zero-order valence-corrected chi connectivity index (χ0v) is 16.6. The van der Waals surface area contributed by atoms with Crippen molar-refractivity contribution in [2.75, 3.05) is 5.75 Å². The second kappa shape index (κ2) is 7.70. The third-order valence-electron chi connectivity index (χ3n) is 3.49. The standard InChI is InChI=1S/C17H24N2O3S2/c1-9(2)7-19-16(21)14-11(5)12(6)24-15(14)18-17(19)23-8-13(20)22-10(3)4/h9-10H,7-8H2,1-6H3. The highest BCUT2D eigenvalue weighted by Crippen LogP contribution is 2.28. The van der Waals surface area contributed by atoms with E-state index in [0.29, 0.717) is 23.0 Å². The highest BCUT2D eigenvalue weighted by Gasteiger charge is 2.18. The van der Waals surface area contributed by atoms with Crippen LogP contribution in [-0.4, -0.2) is 27.4 Å². The Hall–Kier alpha value is -1.34. The van der Waals surface area contributed by atoms with Gasteiger partial charge in [0, 0.05) is 11.4 Å². The summed E-state index contributed by atoms with van der Waals surface area (Å²) in [7, 11) is 0. The van der Waals surface area contributed by atoms with Crippen LogP contribution in [0.4, 0.5) is 0 Å². The average molecular weight is 369 g/mol. The van der Waals surface area contributed by atoms with Crippen molar-refractivity contribution in [1.29, 1.82) is 0 Å². The van der Waals surface area contributed by atoms with E-state index < -0.39 is 0 Å². The highest BCUT2D eigenvalue weighted by atomic mass is 32.2. The third kappa shape index (κ3) is 4.19. The van der Waals surface area contributed by atoms with Crippen molar-refractivity contribution in [3.05, 3.63) is 20.8 Å². The summed E-state index contributed by atoms with van der Waals surface area (Å²) in [4.78, 5) is 31.3. The molecule has 0 fully saturated rings. The van der Waals surface area contributed by atoms with Crippen molar-refractivity contribution in [1.82, 2.24) is 9.55 Å². The Bertz CT molecular complexity index is 806. The summed E-state index contributed by atoms with van der Waals surface area (Å²) >= 11 is 2.79. The van der Waals surface area contributed by atoms with Crippen molar-refractivity contribution in [2.24, 2.45) is 5.92 Å². The number of ether oxygens (including phenoxy) is 1. The van der Waals surface area contributed by atoms with Gasteiger partial charge in [-0.2, -0.15) is 0 Å². The van der Waals surface area contributed by atoms with E-state index in [1.54, 1.807) is 4.57 Å². The van der Waals surface area contributed by atoms with Crippen molar-refractivity contribution < 1.29 is 9.53 Å². The van der Waals surface area contributed by atoms with Gasteiger partial charge in [-0.1, -0.05) is 25.6 Å². The van der Waals surface area contributed by atoms with Gasteiger partial charge in [-0.25, -0.2) is 4.98 Å². The minimum absolute atomic E-state index is 0.0183. The summed E-state index contributed by atoms with van der Waals surface area (Å²) in [5, 5.41) is 1.29. The molecule has 0 aliphatic rings. The summed E-state index contributed by atoms with van der Waals surface area (Å²) in [6, 6.07) is 0. The van der Waals surface area contributed by atoms with Crippen molar-refractivity contribution in [2.45, 2.75) is 59.3 Å². The van der Waals surface area contributed by atoms with Gasteiger partial charge >= 0.3 is 5.97 Å². The minimum atomic E-state index is -0.293. The molecule has 2 aromatic rings. The molecular formula is C17H24N2O3S2. The molecule has 0 spiro atoms. The Labute approximate surface area is 150 Å². The van der Waals surface area contributed by atoms with E-state index >= 15 is 0 Å². The van der Waals surface area contributed by atoms with Crippen molar-refractivity contribution >= 4 is 39.3 Å². The number of hydrogen-bond donors (Lipinski definition) is 0. The van der Waals surface area contributed by atoms with E-state index in [1.165, 1.54) is 23.1 Å². The number of thioether (sulfide) groups is 1. The first-order valence-corrected chi connectivity index (χ1v) is 9.83. The van der Waals surface area contributed by atoms with E-state index in [0.717, 1.165) is 15.3 Å². The molecule has 24 heavy (non-hydrogen) atoms. The zero-order valence-electron chi connectivity index (χ0n) is 15.0. The van der Waals surface area contributed by atoms with E-state index in [9.17, 15) is 9.59 Å². The van der Waals surface area contributed by atoms with Crippen LogP contribution in [0.3, 0.4) is 0 Å². The number of fused-ring (bicyclic) bond motifs is 1. The molecule has 132 valence electrons. The van der Waals surface area contributed by atoms with Gasteiger partial charge in [-0.15, -0.1) is 11.3 Å². The highest BCUT2D eigenvalue weighted by molar-refractivity contribution is 7.99. The molecule has 0 saturated heterocycles. The lowest BCUT2D eigenvalue weighted by Crippen LogP contribution is -2.26. The predicted molar refractivity (Wildman–Crippen MR) is 100 cm³/mol. The molecule has 0 bridgehead atoms. The molecule has 0 amide bonds. The summed E-state index contributed by atoms with van der Waals surface area (Å²) in [6.45, 7) is 12.3. The Morgan fingerprint density at radius 2 is 1.96 bits per heavy atom. The van der Waals surface area contributed by atoms with Crippen molar-refractivity contribution in [3.8, 4) is 0 Å². The zero-order chi connectivity index (χ0) is 18.0. The first-order valence-electron chi connectivity index (χ1n) is 8.03. The van der Waals surface area contributed by atoms with Crippen LogP contribution in [0.2, 0.25) is 0 Å². The molecule has 2 heterocycles. The van der Waals surface area contributed by atoms with Crippen LogP contribution >= 0.6 is 23.1 Å². The Morgan fingerprint density at radius 3 is 2.54 bits per heavy atom. The minimum Gasteiger partial charge on any atom is -0.462 e. The van der Waals surface area contributed by atoms with Gasteiger partial charge in [0.15, 0.2) is 5.16 Å². The third-order valence-corrected chi connectivity index (χ3v) is 5.54. The van der Waals surface area contributed by atoms with Gasteiger partial charge in [0.2, 0.25) is 0 Å². The van der Waals surface area contributed by atoms with E-state index in [4.69, 9.17) is 4.74 Å². The molecule has 0 saturated carbocycles. The molecule has 0 aromatic carbocycles. The molecule has 0 aliphatic heterocycles. The van der Waals surface area contributed by atoms with Gasteiger partial charge in [-0.05, 0) is 39.2 Å². The van der Waals surface area contributed by atoms with Gasteiger partial charge in [0.1, 0.15) is 4.83 Å². The Balaban J connectivity index is 2.43. The van der Waals surface area contributed by atoms with Gasteiger partial charge in [0.05, 0.1) is 17.2 Å². The van der Waals surface area contributed by atoms with Crippen LogP contribution in [0.1, 0.15) is 38.1 Å². The number of rotatable bonds is 6. The molecule has 2 aromatic heterocycles. The van der Waals surface area contributed by atoms with Gasteiger partial charge in [0.25, 0.3) is 5.56 Å². The topological polar surface area (TPSA) is 61.2 Å². The number of aryl methyl sites for hydroxylation is 2. The number of hydrogen-bond acceptors (Lipinski definition) is 6. The molecule has 0 N–H and O–H groups in total. The van der Waals surface area contributed by atoms with Crippen LogP contribution in [-0.2, 0) is 16.1 Å². The number of carbonyl (C=O) groups is 1. The Morgan fingerprint density at radius 1 is 1.29 bits per heavy atom. The maximum absolute atomic E-state index is 12.9. The summed E-state index contributed by atoms with van der Waals surface area (Å²) in [5.74, 6) is 0.167. The molecule has 0 unspecified atom stereocenters. The predicted octanol–water partition coefficient (Wildman–Crippen LogP) is 3.77. The Kier molecular flexibility index (Phi) is 6.09. The van der Waals surface area contributed by atoms with Crippen LogP contribution in [0.25, 0.3) is 10.2 Å². The smallest absolute Gasteiger partial charge is 0.316 e. The summed E-state index contributed by atoms with van der Waals surface area (Å²) < 4.78 is 6.86. The lowest BCUT2D eigenvalue weighted by molar-refractivity contribution is -0.144. The van der Waals surface area contributed by atoms with Crippen LogP contribution in [0, 0.1) is 19.8 Å². The fourth-order valence-corrected chi connectivity index (χ4v) is 4.23. The molecule has 0 aliphatic carbocycles. The van der Waals surface area contributed by atoms with Crippen LogP contribution < -0.4 is 5.56 Å². The molecule has 5 nitrogen and oxygen atoms in total. The number of thiophene rings is 1. The van der Waals surface area contributed by atoms with Crippen LogP contribution in [0.5, 0.6) is 0 Å². The number of esters is 1. The van der Waals surface area contributed by atoms with E-state index in [2.05, 4.69) is 18.8 Å². The second-order valence-electron chi connectivity index (χ2n) is 6.49. The summed E-state index contributed by atoms with van der Waals surface area (Å²) in [6.07, 6.45) is -0.144. The quantitative estimate of drug-likeness (QED) is 0.441. The van der Waals surface area contributed by atoms with Gasteiger partial charge in [-0.3, -0.25) is 14.2 Å². The molecule has 7 heteroatoms. The van der Waals surface area contributed by atoms with E-state index in [1.807, 2.05) is 27.7 Å². The molecule has 2 rings (SSSR count). The van der Waals surface area contributed by atoms with Crippen molar-refractivity contribution in [3.63, 3.8) is 0 Å². The largest absolute Gasteiger partial charge is 0.462 e. The first-order chi connectivity index (χ1) is 11.2. The maximum Gasteiger partial charge on any atom is 0.316 e. The van der Waals surface area contributed by atoms with Gasteiger partial charge < -0.3 is 4.74 Å². The van der Waals surface area contributed by atoms with Crippen LogP contribution in [0.15, 0.2) is 9.95 Å². The summed E-state index contributed by atoms with van der Waals surface area (Å²) in [5.41, 5.74) is 0.982. The maximum atomic E-state index is 12.9. The first kappa shape index (κ1) is 19.0. The monoisotopic (exact) mass is 368 g/mol. The van der Waals surface area contributed by atoms with E-state index in [-0.39, 0.29) is 23.4 Å². The number of carbonyl (C=O) groups excluding carboxylic acids is 1. The number of nitrogens with zero attached hydrogens (tertiary/aromatic N) is 2. The number of aromatic nitrogens is 2. The molecular weight excluding hydrogens is 344 g/mol. The molecule has 0 radical (unpaired) electrons.